The molecule has 9 heteroatoms. The number of morpholine rings is 1. The van der Waals surface area contributed by atoms with Crippen LogP contribution in [0, 0.1) is 0 Å². The van der Waals surface area contributed by atoms with Crippen molar-refractivity contribution in [3.8, 4) is 0 Å². The molecule has 2 aliphatic heterocycles. The summed E-state index contributed by atoms with van der Waals surface area (Å²) in [7, 11) is 0. The van der Waals surface area contributed by atoms with E-state index in [4.69, 9.17) is 4.74 Å². The van der Waals surface area contributed by atoms with E-state index in [1.54, 1.807) is 4.68 Å². The van der Waals surface area contributed by atoms with Gasteiger partial charge in [-0.1, -0.05) is 0 Å². The highest BCUT2D eigenvalue weighted by Gasteiger charge is 2.39. The fourth-order valence-electron chi connectivity index (χ4n) is 2.72. The third-order valence-corrected chi connectivity index (χ3v) is 4.09. The van der Waals surface area contributed by atoms with E-state index in [9.17, 15) is 9.59 Å². The van der Waals surface area contributed by atoms with Crippen molar-refractivity contribution in [3.63, 3.8) is 0 Å². The van der Waals surface area contributed by atoms with Crippen LogP contribution in [0.25, 0.3) is 0 Å². The number of aryl methyl sites for hydroxylation is 1. The number of aromatic nitrogens is 4. The van der Waals surface area contributed by atoms with Crippen molar-refractivity contribution >= 4 is 11.8 Å². The molecule has 0 saturated carbocycles. The van der Waals surface area contributed by atoms with Gasteiger partial charge in [-0.05, 0) is 23.3 Å². The zero-order valence-corrected chi connectivity index (χ0v) is 11.7. The Bertz CT molecular complexity index is 497. The number of nitrogens with one attached hydrogen (secondary N) is 1. The molecule has 0 bridgehead atoms. The first kappa shape index (κ1) is 13.9. The Balaban J connectivity index is 1.46. The van der Waals surface area contributed by atoms with Crippen LogP contribution in [0.5, 0.6) is 0 Å². The Labute approximate surface area is 121 Å². The molecule has 9 nitrogen and oxygen atoms in total. The van der Waals surface area contributed by atoms with Crippen molar-refractivity contribution in [2.75, 3.05) is 26.2 Å². The molecule has 1 N–H and O–H groups in total. The van der Waals surface area contributed by atoms with Crippen molar-refractivity contribution in [2.45, 2.75) is 31.4 Å². The van der Waals surface area contributed by atoms with E-state index in [0.29, 0.717) is 32.6 Å². The number of tetrazole rings is 1. The van der Waals surface area contributed by atoms with Crippen molar-refractivity contribution in [3.05, 3.63) is 6.33 Å². The van der Waals surface area contributed by atoms with Gasteiger partial charge in [0.15, 0.2) is 0 Å². The molecule has 21 heavy (non-hydrogen) atoms. The molecule has 2 aliphatic rings. The van der Waals surface area contributed by atoms with Crippen LogP contribution in [-0.2, 0) is 20.9 Å². The first-order chi connectivity index (χ1) is 10.2. The van der Waals surface area contributed by atoms with Crippen LogP contribution in [0.3, 0.4) is 0 Å². The van der Waals surface area contributed by atoms with Gasteiger partial charge in [-0.3, -0.25) is 9.59 Å². The molecule has 0 radical (unpaired) electrons. The number of amides is 2. The lowest BCUT2D eigenvalue weighted by molar-refractivity contribution is -0.154. The number of carbonyl (C=O) groups is 2. The second kappa shape index (κ2) is 5.76. The fraction of sp³-hybridized carbons (Fsp3) is 0.750. The van der Waals surface area contributed by atoms with E-state index in [2.05, 4.69) is 20.8 Å². The number of hydrogen-bond acceptors (Lipinski definition) is 6. The number of ether oxygens (including phenoxy) is 1. The zero-order valence-electron chi connectivity index (χ0n) is 11.7. The third kappa shape index (κ3) is 3.18. The molecule has 0 atom stereocenters. The molecule has 2 fully saturated rings. The number of rotatable bonds is 3. The van der Waals surface area contributed by atoms with Crippen molar-refractivity contribution < 1.29 is 14.3 Å². The van der Waals surface area contributed by atoms with Gasteiger partial charge in [-0.25, -0.2) is 4.68 Å². The summed E-state index contributed by atoms with van der Waals surface area (Å²) in [6.07, 6.45) is 3.39. The minimum absolute atomic E-state index is 0.0689. The van der Waals surface area contributed by atoms with Crippen LogP contribution in [0.1, 0.15) is 19.3 Å². The van der Waals surface area contributed by atoms with E-state index in [0.717, 1.165) is 12.8 Å². The lowest BCUT2D eigenvalue weighted by Gasteiger charge is -2.43. The van der Waals surface area contributed by atoms with Gasteiger partial charge in [0.05, 0.1) is 12.1 Å². The normalized spacial score (nSPS) is 21.3. The Morgan fingerprint density at radius 1 is 1.43 bits per heavy atom. The number of carbonyl (C=O) groups excluding carboxylic acids is 2. The minimum atomic E-state index is -0.291. The van der Waals surface area contributed by atoms with Crippen LogP contribution < -0.4 is 5.32 Å². The Morgan fingerprint density at radius 3 is 2.86 bits per heavy atom. The summed E-state index contributed by atoms with van der Waals surface area (Å²) < 4.78 is 7.23. The minimum Gasteiger partial charge on any atom is -0.363 e. The van der Waals surface area contributed by atoms with Crippen molar-refractivity contribution in [2.24, 2.45) is 0 Å². The van der Waals surface area contributed by atoms with E-state index in [-0.39, 0.29) is 24.0 Å². The molecule has 0 unspecified atom stereocenters. The van der Waals surface area contributed by atoms with Gasteiger partial charge in [0.2, 0.25) is 11.8 Å². The molecule has 0 aromatic carbocycles. The Kier molecular flexibility index (Phi) is 3.82. The van der Waals surface area contributed by atoms with E-state index < -0.39 is 0 Å². The van der Waals surface area contributed by atoms with Crippen LogP contribution in [-0.4, -0.2) is 68.8 Å². The molecule has 1 aromatic rings. The Hall–Kier alpha value is -2.03. The third-order valence-electron chi connectivity index (χ3n) is 4.09. The topological polar surface area (TPSA) is 102 Å². The summed E-state index contributed by atoms with van der Waals surface area (Å²) in [6, 6.07) is 0. The molecule has 114 valence electrons. The lowest BCUT2D eigenvalue weighted by atomic mass is 9.90. The highest BCUT2D eigenvalue weighted by Crippen LogP contribution is 2.27. The quantitative estimate of drug-likeness (QED) is 0.733. The summed E-state index contributed by atoms with van der Waals surface area (Å²) in [5.74, 6) is 0.0285. The lowest BCUT2D eigenvalue weighted by Crippen LogP contribution is -2.58. The van der Waals surface area contributed by atoms with Crippen LogP contribution in [0.4, 0.5) is 0 Å². The second-order valence-electron chi connectivity index (χ2n) is 5.45. The molecular weight excluding hydrogens is 276 g/mol. The van der Waals surface area contributed by atoms with Crippen LogP contribution in [0.2, 0.25) is 0 Å². The van der Waals surface area contributed by atoms with E-state index in [1.165, 1.54) is 6.33 Å². The van der Waals surface area contributed by atoms with Crippen LogP contribution >= 0.6 is 0 Å². The maximum atomic E-state index is 12.2. The molecule has 2 amide bonds. The average Bonchev–Trinajstić information content (AvgIpc) is 3.02. The fourth-order valence-corrected chi connectivity index (χ4v) is 2.72. The van der Waals surface area contributed by atoms with E-state index in [1.807, 2.05) is 4.90 Å². The Morgan fingerprint density at radius 2 is 2.24 bits per heavy atom. The summed E-state index contributed by atoms with van der Waals surface area (Å²) in [5, 5.41) is 13.6. The largest absolute Gasteiger partial charge is 0.363 e. The molecule has 0 aliphatic carbocycles. The summed E-state index contributed by atoms with van der Waals surface area (Å²) in [4.78, 5) is 25.1. The average molecular weight is 294 g/mol. The van der Waals surface area contributed by atoms with Gasteiger partial charge < -0.3 is 15.0 Å². The van der Waals surface area contributed by atoms with Gasteiger partial charge in [0, 0.05) is 26.1 Å². The number of hydrogen-bond donors (Lipinski definition) is 1. The second-order valence-corrected chi connectivity index (χ2v) is 5.45. The van der Waals surface area contributed by atoms with Crippen molar-refractivity contribution in [1.82, 2.24) is 30.4 Å². The molecule has 3 rings (SSSR count). The van der Waals surface area contributed by atoms with Gasteiger partial charge in [-0.15, -0.1) is 5.10 Å². The summed E-state index contributed by atoms with van der Waals surface area (Å²) in [5.41, 5.74) is -0.291. The predicted octanol–water partition coefficient (Wildman–Crippen LogP) is -1.43. The standard InChI is InChI=1S/C12H18N6O3/c19-10-7-21-12(8-13-10)2-5-17(6-3-12)11(20)1-4-18-9-14-15-16-18/h9H,1-8H2,(H,13,19). The monoisotopic (exact) mass is 294 g/mol. The molecule has 1 aromatic heterocycles. The maximum absolute atomic E-state index is 12.2. The molecule has 1 spiro atoms. The number of nitrogens with zero attached hydrogens (tertiary/aromatic N) is 5. The van der Waals surface area contributed by atoms with Crippen LogP contribution in [0.15, 0.2) is 6.33 Å². The maximum Gasteiger partial charge on any atom is 0.246 e. The predicted molar refractivity (Wildman–Crippen MR) is 69.9 cm³/mol. The molecule has 3 heterocycles. The van der Waals surface area contributed by atoms with Gasteiger partial charge in [0.25, 0.3) is 0 Å². The number of piperidine rings is 1. The smallest absolute Gasteiger partial charge is 0.246 e. The first-order valence-electron chi connectivity index (χ1n) is 7.06. The van der Waals surface area contributed by atoms with Crippen molar-refractivity contribution in [1.29, 1.82) is 0 Å². The zero-order chi connectivity index (χ0) is 14.7. The van der Waals surface area contributed by atoms with Gasteiger partial charge >= 0.3 is 0 Å². The summed E-state index contributed by atoms with van der Waals surface area (Å²) >= 11 is 0. The highest BCUT2D eigenvalue weighted by atomic mass is 16.5. The number of likely N-dealkylation sites (tertiary alicyclic amines) is 1. The summed E-state index contributed by atoms with van der Waals surface area (Å²) in [6.45, 7) is 2.46. The first-order valence-corrected chi connectivity index (χ1v) is 7.06. The molecular formula is C12H18N6O3. The molecule has 2 saturated heterocycles. The van der Waals surface area contributed by atoms with Gasteiger partial charge in [0.1, 0.15) is 12.9 Å². The van der Waals surface area contributed by atoms with E-state index >= 15 is 0 Å². The SMILES string of the molecule is O=C1COC2(CCN(C(=O)CCn3cnnn3)CC2)CN1. The van der Waals surface area contributed by atoms with Gasteiger partial charge in [-0.2, -0.15) is 0 Å². The highest BCUT2D eigenvalue weighted by molar-refractivity contribution is 5.78.